The zero-order valence-electron chi connectivity index (χ0n) is 13.6. The van der Waals surface area contributed by atoms with Crippen LogP contribution >= 0.6 is 11.8 Å². The highest BCUT2D eigenvalue weighted by atomic mass is 32.2. The molecular formula is C18H23NO2S. The molecule has 0 unspecified atom stereocenters. The Morgan fingerprint density at radius 1 is 1.05 bits per heavy atom. The lowest BCUT2D eigenvalue weighted by molar-refractivity contribution is 0.354. The Balaban J connectivity index is 2.23. The van der Waals surface area contributed by atoms with Crippen molar-refractivity contribution >= 4 is 11.8 Å². The van der Waals surface area contributed by atoms with Crippen molar-refractivity contribution in [1.82, 2.24) is 5.32 Å². The average Bonchev–Trinajstić information content (AvgIpc) is 2.56. The molecule has 0 fully saturated rings. The van der Waals surface area contributed by atoms with E-state index in [2.05, 4.69) is 42.6 Å². The van der Waals surface area contributed by atoms with Crippen LogP contribution in [0.1, 0.15) is 12.5 Å². The van der Waals surface area contributed by atoms with Crippen molar-refractivity contribution in [2.45, 2.75) is 29.2 Å². The standard InChI is InChI=1S/C18H23NO2S/c1-13(19-2)11-14-7-5-6-8-18(14)22-15-9-10-16(20-3)17(12-15)21-4/h5-10,12-13,19H,11H2,1-4H3/t13-/m0/s1. The smallest absolute Gasteiger partial charge is 0.161 e. The summed E-state index contributed by atoms with van der Waals surface area (Å²) < 4.78 is 10.7. The molecule has 0 saturated carbocycles. The summed E-state index contributed by atoms with van der Waals surface area (Å²) in [7, 11) is 5.31. The quantitative estimate of drug-likeness (QED) is 0.836. The highest BCUT2D eigenvalue weighted by Crippen LogP contribution is 2.36. The van der Waals surface area contributed by atoms with Gasteiger partial charge in [-0.25, -0.2) is 0 Å². The van der Waals surface area contributed by atoms with Gasteiger partial charge in [0.2, 0.25) is 0 Å². The molecule has 0 amide bonds. The van der Waals surface area contributed by atoms with Gasteiger partial charge in [-0.1, -0.05) is 30.0 Å². The van der Waals surface area contributed by atoms with Crippen LogP contribution in [0, 0.1) is 0 Å². The second-order valence-corrected chi connectivity index (χ2v) is 6.24. The van der Waals surface area contributed by atoms with E-state index < -0.39 is 0 Å². The molecule has 2 rings (SSSR count). The molecule has 0 spiro atoms. The SMILES string of the molecule is CN[C@@H](C)Cc1ccccc1Sc1ccc(OC)c(OC)c1. The van der Waals surface area contributed by atoms with Crippen LogP contribution in [0.25, 0.3) is 0 Å². The number of rotatable bonds is 7. The topological polar surface area (TPSA) is 30.5 Å². The molecule has 0 aromatic heterocycles. The summed E-state index contributed by atoms with van der Waals surface area (Å²) in [6.07, 6.45) is 1.01. The van der Waals surface area contributed by atoms with Crippen molar-refractivity contribution in [3.63, 3.8) is 0 Å². The van der Waals surface area contributed by atoms with Crippen LogP contribution in [-0.4, -0.2) is 27.3 Å². The lowest BCUT2D eigenvalue weighted by Gasteiger charge is -2.14. The molecule has 0 aliphatic carbocycles. The van der Waals surface area contributed by atoms with Gasteiger partial charge in [0.05, 0.1) is 14.2 Å². The number of benzene rings is 2. The first-order chi connectivity index (χ1) is 10.7. The van der Waals surface area contributed by atoms with Crippen LogP contribution in [0.5, 0.6) is 11.5 Å². The Morgan fingerprint density at radius 2 is 1.77 bits per heavy atom. The lowest BCUT2D eigenvalue weighted by atomic mass is 10.1. The maximum absolute atomic E-state index is 5.38. The predicted octanol–water partition coefficient (Wildman–Crippen LogP) is 4.01. The van der Waals surface area contributed by atoms with Gasteiger partial charge in [0.1, 0.15) is 0 Å². The molecule has 4 heteroatoms. The maximum atomic E-state index is 5.38. The van der Waals surface area contributed by atoms with Gasteiger partial charge >= 0.3 is 0 Å². The molecule has 118 valence electrons. The van der Waals surface area contributed by atoms with Crippen LogP contribution in [0.2, 0.25) is 0 Å². The van der Waals surface area contributed by atoms with Crippen LogP contribution in [0.3, 0.4) is 0 Å². The van der Waals surface area contributed by atoms with Gasteiger partial charge in [-0.15, -0.1) is 0 Å². The first-order valence-corrected chi connectivity index (χ1v) is 8.14. The Bertz CT molecular complexity index is 616. The number of ether oxygens (including phenoxy) is 2. The van der Waals surface area contributed by atoms with Crippen molar-refractivity contribution in [2.24, 2.45) is 0 Å². The molecule has 3 nitrogen and oxygen atoms in total. The number of hydrogen-bond donors (Lipinski definition) is 1. The summed E-state index contributed by atoms with van der Waals surface area (Å²) in [5.41, 5.74) is 1.35. The second-order valence-electron chi connectivity index (χ2n) is 5.12. The summed E-state index contributed by atoms with van der Waals surface area (Å²) in [6.45, 7) is 2.19. The highest BCUT2D eigenvalue weighted by molar-refractivity contribution is 7.99. The Kier molecular flexibility index (Phi) is 6.16. The molecule has 2 aromatic rings. The number of nitrogens with one attached hydrogen (secondary N) is 1. The zero-order valence-corrected chi connectivity index (χ0v) is 14.4. The van der Waals surface area contributed by atoms with Gasteiger partial charge in [-0.3, -0.25) is 0 Å². The van der Waals surface area contributed by atoms with Gasteiger partial charge in [0.15, 0.2) is 11.5 Å². The van der Waals surface area contributed by atoms with E-state index in [4.69, 9.17) is 9.47 Å². The number of likely N-dealkylation sites (N-methyl/N-ethyl adjacent to an activating group) is 1. The zero-order chi connectivity index (χ0) is 15.9. The fraction of sp³-hybridized carbons (Fsp3) is 0.333. The average molecular weight is 317 g/mol. The molecule has 0 aliphatic heterocycles. The van der Waals surface area contributed by atoms with Crippen molar-refractivity contribution in [2.75, 3.05) is 21.3 Å². The van der Waals surface area contributed by atoms with Gasteiger partial charge < -0.3 is 14.8 Å². The van der Waals surface area contributed by atoms with Gasteiger partial charge in [-0.2, -0.15) is 0 Å². The molecule has 0 saturated heterocycles. The summed E-state index contributed by atoms with van der Waals surface area (Å²) in [5.74, 6) is 1.51. The Hall–Kier alpha value is -1.65. The van der Waals surface area contributed by atoms with E-state index in [1.54, 1.807) is 26.0 Å². The normalized spacial score (nSPS) is 12.0. The lowest BCUT2D eigenvalue weighted by Crippen LogP contribution is -2.23. The summed E-state index contributed by atoms with van der Waals surface area (Å²) in [6, 6.07) is 15.0. The Morgan fingerprint density at radius 3 is 2.45 bits per heavy atom. The third kappa shape index (κ3) is 4.18. The van der Waals surface area contributed by atoms with E-state index >= 15 is 0 Å². The number of methoxy groups -OCH3 is 2. The third-order valence-electron chi connectivity index (χ3n) is 3.57. The van der Waals surface area contributed by atoms with E-state index in [9.17, 15) is 0 Å². The van der Waals surface area contributed by atoms with Gasteiger partial charge in [0, 0.05) is 15.8 Å². The van der Waals surface area contributed by atoms with Crippen molar-refractivity contribution < 1.29 is 9.47 Å². The van der Waals surface area contributed by atoms with E-state index in [0.717, 1.165) is 22.8 Å². The van der Waals surface area contributed by atoms with Crippen LogP contribution in [-0.2, 0) is 6.42 Å². The minimum Gasteiger partial charge on any atom is -0.493 e. The van der Waals surface area contributed by atoms with Crippen LogP contribution in [0.15, 0.2) is 52.3 Å². The summed E-state index contributed by atoms with van der Waals surface area (Å²) in [5, 5.41) is 3.29. The predicted molar refractivity (Wildman–Crippen MR) is 92.3 cm³/mol. The van der Waals surface area contributed by atoms with Crippen molar-refractivity contribution in [3.8, 4) is 11.5 Å². The molecule has 0 heterocycles. The van der Waals surface area contributed by atoms with Crippen LogP contribution in [0.4, 0.5) is 0 Å². The number of hydrogen-bond acceptors (Lipinski definition) is 4. The van der Waals surface area contributed by atoms with Crippen LogP contribution < -0.4 is 14.8 Å². The minimum atomic E-state index is 0.451. The molecular weight excluding hydrogens is 294 g/mol. The van der Waals surface area contributed by atoms with Crippen molar-refractivity contribution in [3.05, 3.63) is 48.0 Å². The second kappa shape index (κ2) is 8.11. The van der Waals surface area contributed by atoms with E-state index in [0.29, 0.717) is 6.04 Å². The summed E-state index contributed by atoms with van der Waals surface area (Å²) >= 11 is 1.75. The first-order valence-electron chi connectivity index (χ1n) is 7.33. The van der Waals surface area contributed by atoms with E-state index in [1.807, 2.05) is 19.2 Å². The highest BCUT2D eigenvalue weighted by Gasteiger charge is 2.10. The fourth-order valence-corrected chi connectivity index (χ4v) is 3.20. The van der Waals surface area contributed by atoms with E-state index in [-0.39, 0.29) is 0 Å². The molecule has 1 N–H and O–H groups in total. The molecule has 1 atom stereocenters. The summed E-state index contributed by atoms with van der Waals surface area (Å²) in [4.78, 5) is 2.42. The molecule has 0 radical (unpaired) electrons. The first kappa shape index (κ1) is 16.7. The van der Waals surface area contributed by atoms with Gasteiger partial charge in [0.25, 0.3) is 0 Å². The molecule has 22 heavy (non-hydrogen) atoms. The Labute approximate surface area is 137 Å². The molecule has 0 bridgehead atoms. The molecule has 2 aromatic carbocycles. The van der Waals surface area contributed by atoms with E-state index in [1.165, 1.54) is 10.5 Å². The third-order valence-corrected chi connectivity index (χ3v) is 4.68. The van der Waals surface area contributed by atoms with Gasteiger partial charge in [-0.05, 0) is 50.2 Å². The maximum Gasteiger partial charge on any atom is 0.161 e. The minimum absolute atomic E-state index is 0.451. The molecule has 0 aliphatic rings. The fourth-order valence-electron chi connectivity index (χ4n) is 2.21. The monoisotopic (exact) mass is 317 g/mol. The largest absolute Gasteiger partial charge is 0.493 e. The van der Waals surface area contributed by atoms with Crippen molar-refractivity contribution in [1.29, 1.82) is 0 Å².